The van der Waals surface area contributed by atoms with Gasteiger partial charge >= 0.3 is 5.97 Å². The molecule has 0 aliphatic heterocycles. The van der Waals surface area contributed by atoms with Crippen molar-refractivity contribution in [1.82, 2.24) is 4.98 Å². The number of carbonyl (C=O) groups excluding carboxylic acids is 1. The molecule has 0 bridgehead atoms. The molecule has 0 fully saturated rings. The average Bonchev–Trinajstić information content (AvgIpc) is 2.68. The zero-order valence-electron chi connectivity index (χ0n) is 8.79. The Hall–Kier alpha value is -1.50. The van der Waals surface area contributed by atoms with Crippen LogP contribution in [0, 0.1) is 10.1 Å². The fraction of sp³-hybridized carbons (Fsp3) is 0.556. The first kappa shape index (κ1) is 12.6. The monoisotopic (exact) mass is 244 g/mol. The predicted molar refractivity (Wildman–Crippen MR) is 58.0 cm³/mol. The Bertz CT molecular complexity index is 352. The summed E-state index contributed by atoms with van der Waals surface area (Å²) >= 11 is 1.31. The van der Waals surface area contributed by atoms with Gasteiger partial charge in [-0.05, 0) is 6.92 Å². The van der Waals surface area contributed by atoms with Crippen molar-refractivity contribution in [1.29, 1.82) is 0 Å². The number of esters is 1. The Morgan fingerprint density at radius 2 is 2.50 bits per heavy atom. The fourth-order valence-electron chi connectivity index (χ4n) is 1.28. The third kappa shape index (κ3) is 3.93. The number of rotatable bonds is 6. The minimum atomic E-state index is -0.443. The SMILES string of the molecule is CCOC(=O)C[C@@H](C[N+](=O)[O-])c1cncs1. The number of carbonyl (C=O) groups is 1. The summed E-state index contributed by atoms with van der Waals surface area (Å²) in [6.07, 6.45) is 1.58. The van der Waals surface area contributed by atoms with Crippen LogP contribution in [-0.4, -0.2) is 29.0 Å². The van der Waals surface area contributed by atoms with E-state index in [1.807, 2.05) is 0 Å². The summed E-state index contributed by atoms with van der Waals surface area (Å²) in [5, 5.41) is 10.5. The van der Waals surface area contributed by atoms with Gasteiger partial charge in [-0.3, -0.25) is 19.9 Å². The molecule has 0 saturated heterocycles. The van der Waals surface area contributed by atoms with Crippen molar-refractivity contribution in [2.24, 2.45) is 0 Å². The predicted octanol–water partition coefficient (Wildman–Crippen LogP) is 1.46. The van der Waals surface area contributed by atoms with Crippen LogP contribution in [0.2, 0.25) is 0 Å². The molecular weight excluding hydrogens is 232 g/mol. The van der Waals surface area contributed by atoms with Gasteiger partial charge in [-0.1, -0.05) is 0 Å². The molecule has 0 aromatic carbocycles. The molecule has 0 spiro atoms. The van der Waals surface area contributed by atoms with Crippen LogP contribution in [-0.2, 0) is 9.53 Å². The van der Waals surface area contributed by atoms with Gasteiger partial charge in [0.1, 0.15) is 0 Å². The van der Waals surface area contributed by atoms with Crippen molar-refractivity contribution >= 4 is 17.3 Å². The van der Waals surface area contributed by atoms with E-state index in [4.69, 9.17) is 4.74 Å². The van der Waals surface area contributed by atoms with Gasteiger partial charge in [-0.25, -0.2) is 0 Å². The van der Waals surface area contributed by atoms with Crippen molar-refractivity contribution in [3.63, 3.8) is 0 Å². The van der Waals surface area contributed by atoms with E-state index in [0.717, 1.165) is 4.88 Å². The molecule has 6 nitrogen and oxygen atoms in total. The minimum absolute atomic E-state index is 0.0248. The highest BCUT2D eigenvalue weighted by atomic mass is 32.1. The molecule has 0 saturated carbocycles. The Balaban J connectivity index is 2.65. The number of hydrogen-bond donors (Lipinski definition) is 0. The molecule has 88 valence electrons. The lowest BCUT2D eigenvalue weighted by Gasteiger charge is -2.09. The van der Waals surface area contributed by atoms with E-state index in [1.165, 1.54) is 11.3 Å². The van der Waals surface area contributed by atoms with Crippen molar-refractivity contribution in [2.45, 2.75) is 19.3 Å². The molecule has 1 heterocycles. The van der Waals surface area contributed by atoms with Crippen molar-refractivity contribution in [2.75, 3.05) is 13.2 Å². The first-order valence-corrected chi connectivity index (χ1v) is 5.67. The van der Waals surface area contributed by atoms with Gasteiger partial charge in [0.05, 0.1) is 24.5 Å². The molecule has 0 aliphatic rings. The Morgan fingerprint density at radius 3 is 3.00 bits per heavy atom. The second-order valence-corrected chi connectivity index (χ2v) is 4.04. The Morgan fingerprint density at radius 1 is 1.75 bits per heavy atom. The Kier molecular flexibility index (Phi) is 4.84. The first-order valence-electron chi connectivity index (χ1n) is 4.79. The number of nitro groups is 1. The molecule has 1 aromatic heterocycles. The normalized spacial score (nSPS) is 12.1. The number of ether oxygens (including phenoxy) is 1. The molecule has 1 aromatic rings. The van der Waals surface area contributed by atoms with E-state index < -0.39 is 16.8 Å². The van der Waals surface area contributed by atoms with E-state index in [9.17, 15) is 14.9 Å². The highest BCUT2D eigenvalue weighted by molar-refractivity contribution is 7.09. The van der Waals surface area contributed by atoms with E-state index >= 15 is 0 Å². The largest absolute Gasteiger partial charge is 0.466 e. The molecular formula is C9H12N2O4S. The third-order valence-corrected chi connectivity index (χ3v) is 2.88. The van der Waals surface area contributed by atoms with Gasteiger partial charge in [0.2, 0.25) is 6.54 Å². The van der Waals surface area contributed by atoms with Crippen LogP contribution < -0.4 is 0 Å². The van der Waals surface area contributed by atoms with E-state index in [-0.39, 0.29) is 19.6 Å². The molecule has 0 amide bonds. The Labute approximate surface area is 96.4 Å². The lowest BCUT2D eigenvalue weighted by Crippen LogP contribution is -2.17. The highest BCUT2D eigenvalue weighted by Gasteiger charge is 2.23. The molecule has 0 N–H and O–H groups in total. The van der Waals surface area contributed by atoms with Gasteiger partial charge < -0.3 is 4.74 Å². The third-order valence-electron chi connectivity index (χ3n) is 1.94. The fourth-order valence-corrected chi connectivity index (χ4v) is 2.00. The standard InChI is InChI=1S/C9H12N2O4S/c1-2-15-9(12)3-7(5-11(13)14)8-4-10-6-16-8/h4,6-7H,2-3,5H2,1H3/t7-/m0/s1. The average molecular weight is 244 g/mol. The molecule has 0 radical (unpaired) electrons. The quantitative estimate of drug-likeness (QED) is 0.430. The lowest BCUT2D eigenvalue weighted by atomic mass is 10.0. The topological polar surface area (TPSA) is 82.3 Å². The van der Waals surface area contributed by atoms with Crippen LogP contribution in [0.25, 0.3) is 0 Å². The van der Waals surface area contributed by atoms with Crippen molar-refractivity contribution < 1.29 is 14.5 Å². The minimum Gasteiger partial charge on any atom is -0.466 e. The number of aromatic nitrogens is 1. The molecule has 0 aliphatic carbocycles. The number of hydrogen-bond acceptors (Lipinski definition) is 6. The van der Waals surface area contributed by atoms with E-state index in [1.54, 1.807) is 18.6 Å². The zero-order valence-corrected chi connectivity index (χ0v) is 9.61. The van der Waals surface area contributed by atoms with Gasteiger partial charge in [0, 0.05) is 16.0 Å². The number of nitrogens with zero attached hydrogens (tertiary/aromatic N) is 2. The zero-order chi connectivity index (χ0) is 12.0. The summed E-state index contributed by atoms with van der Waals surface area (Å²) in [6, 6.07) is 0. The second-order valence-electron chi connectivity index (χ2n) is 3.13. The molecule has 16 heavy (non-hydrogen) atoms. The van der Waals surface area contributed by atoms with Crippen LogP contribution in [0.1, 0.15) is 24.1 Å². The molecule has 1 rings (SSSR count). The maximum absolute atomic E-state index is 11.3. The smallest absolute Gasteiger partial charge is 0.306 e. The van der Waals surface area contributed by atoms with Gasteiger partial charge in [-0.2, -0.15) is 0 Å². The number of thiazole rings is 1. The summed E-state index contributed by atoms with van der Waals surface area (Å²) in [6.45, 7) is 1.71. The van der Waals surface area contributed by atoms with Crippen molar-refractivity contribution in [3.8, 4) is 0 Å². The van der Waals surface area contributed by atoms with Crippen molar-refractivity contribution in [3.05, 3.63) is 26.7 Å². The second kappa shape index (κ2) is 6.16. The van der Waals surface area contributed by atoms with Gasteiger partial charge in [0.15, 0.2) is 0 Å². The summed E-state index contributed by atoms with van der Waals surface area (Å²) < 4.78 is 4.77. The molecule has 1 atom stereocenters. The highest BCUT2D eigenvalue weighted by Crippen LogP contribution is 2.23. The summed E-state index contributed by atoms with van der Waals surface area (Å²) in [5.74, 6) is -0.857. The van der Waals surface area contributed by atoms with Gasteiger partial charge in [0.25, 0.3) is 0 Å². The first-order chi connectivity index (χ1) is 7.63. The molecule has 7 heteroatoms. The van der Waals surface area contributed by atoms with Crippen LogP contribution >= 0.6 is 11.3 Å². The van der Waals surface area contributed by atoms with Crippen LogP contribution in [0.4, 0.5) is 0 Å². The van der Waals surface area contributed by atoms with Crippen LogP contribution in [0.3, 0.4) is 0 Å². The lowest BCUT2D eigenvalue weighted by molar-refractivity contribution is -0.483. The molecule has 0 unspecified atom stereocenters. The maximum Gasteiger partial charge on any atom is 0.306 e. The van der Waals surface area contributed by atoms with E-state index in [2.05, 4.69) is 4.98 Å². The summed E-state index contributed by atoms with van der Waals surface area (Å²) in [4.78, 5) is 25.9. The van der Waals surface area contributed by atoms with Crippen LogP contribution in [0.15, 0.2) is 11.7 Å². The van der Waals surface area contributed by atoms with Crippen LogP contribution in [0.5, 0.6) is 0 Å². The van der Waals surface area contributed by atoms with Gasteiger partial charge in [-0.15, -0.1) is 11.3 Å². The summed E-state index contributed by atoms with van der Waals surface area (Å²) in [7, 11) is 0. The van der Waals surface area contributed by atoms with E-state index in [0.29, 0.717) is 0 Å². The summed E-state index contributed by atoms with van der Waals surface area (Å²) in [5.41, 5.74) is 1.59. The maximum atomic E-state index is 11.3.